The van der Waals surface area contributed by atoms with Crippen molar-refractivity contribution in [3.8, 4) is 5.75 Å². The maximum Gasteiger partial charge on any atom is 0.409 e. The molecule has 0 radical (unpaired) electrons. The van der Waals surface area contributed by atoms with Gasteiger partial charge in [0.1, 0.15) is 11.8 Å². The third-order valence-electron chi connectivity index (χ3n) is 2.73. The van der Waals surface area contributed by atoms with Crippen molar-refractivity contribution < 1.29 is 32.2 Å². The van der Waals surface area contributed by atoms with Gasteiger partial charge >= 0.3 is 12.1 Å². The van der Waals surface area contributed by atoms with E-state index in [0.29, 0.717) is 5.75 Å². The molecule has 0 aliphatic carbocycles. The van der Waals surface area contributed by atoms with Crippen LogP contribution in [0.1, 0.15) is 23.7 Å². The fraction of sp³-hybridized carbons (Fsp3) is 0.429. The number of carbonyl (C=O) groups excluding carboxylic acids is 2. The van der Waals surface area contributed by atoms with Gasteiger partial charge in [0.05, 0.1) is 20.1 Å². The van der Waals surface area contributed by atoms with Crippen molar-refractivity contribution in [1.29, 1.82) is 0 Å². The summed E-state index contributed by atoms with van der Waals surface area (Å²) in [7, 11) is 1.42. The van der Waals surface area contributed by atoms with E-state index in [0.717, 1.165) is 0 Å². The fourth-order valence-electron chi connectivity index (χ4n) is 1.62. The van der Waals surface area contributed by atoms with Crippen LogP contribution in [0.4, 0.5) is 13.2 Å². The predicted molar refractivity (Wildman–Crippen MR) is 71.6 cm³/mol. The predicted octanol–water partition coefficient (Wildman–Crippen LogP) is 2.31. The topological polar surface area (TPSA) is 64.6 Å². The molecule has 0 aromatic heterocycles. The molecular formula is C14H16F3NO4. The highest BCUT2D eigenvalue weighted by molar-refractivity contribution is 5.94. The fourth-order valence-corrected chi connectivity index (χ4v) is 1.62. The Balaban J connectivity index is 2.79. The van der Waals surface area contributed by atoms with Crippen LogP contribution in [0.25, 0.3) is 0 Å². The van der Waals surface area contributed by atoms with Crippen molar-refractivity contribution in [3.63, 3.8) is 0 Å². The minimum atomic E-state index is -4.76. The highest BCUT2D eigenvalue weighted by Crippen LogP contribution is 2.23. The molecule has 1 atom stereocenters. The van der Waals surface area contributed by atoms with E-state index in [9.17, 15) is 22.8 Å². The van der Waals surface area contributed by atoms with Crippen LogP contribution in [-0.2, 0) is 9.53 Å². The van der Waals surface area contributed by atoms with Crippen LogP contribution in [0.2, 0.25) is 0 Å². The lowest BCUT2D eigenvalue weighted by molar-refractivity contribution is -0.167. The van der Waals surface area contributed by atoms with E-state index in [4.69, 9.17) is 4.74 Å². The number of rotatable bonds is 6. The van der Waals surface area contributed by atoms with Crippen molar-refractivity contribution in [2.45, 2.75) is 25.6 Å². The number of hydrogen-bond acceptors (Lipinski definition) is 4. The Morgan fingerprint density at radius 2 is 1.82 bits per heavy atom. The van der Waals surface area contributed by atoms with Gasteiger partial charge in [-0.3, -0.25) is 9.59 Å². The van der Waals surface area contributed by atoms with E-state index in [1.807, 2.05) is 0 Å². The van der Waals surface area contributed by atoms with Gasteiger partial charge in [0.2, 0.25) is 0 Å². The Morgan fingerprint density at radius 3 is 2.27 bits per heavy atom. The molecule has 0 saturated carbocycles. The zero-order chi connectivity index (χ0) is 16.8. The normalized spacial score (nSPS) is 12.4. The number of esters is 1. The third kappa shape index (κ3) is 5.27. The Bertz CT molecular complexity index is 514. The van der Waals surface area contributed by atoms with Gasteiger partial charge in [-0.2, -0.15) is 13.2 Å². The van der Waals surface area contributed by atoms with Crippen LogP contribution < -0.4 is 10.1 Å². The van der Waals surface area contributed by atoms with Crippen molar-refractivity contribution >= 4 is 11.9 Å². The number of benzene rings is 1. The molecule has 0 saturated heterocycles. The largest absolute Gasteiger partial charge is 0.497 e. The number of ether oxygens (including phenoxy) is 2. The number of hydrogen-bond donors (Lipinski definition) is 1. The molecule has 0 bridgehead atoms. The number of carbonyl (C=O) groups is 2. The summed E-state index contributed by atoms with van der Waals surface area (Å²) in [6, 6.07) is 3.24. The lowest BCUT2D eigenvalue weighted by Crippen LogP contribution is -2.46. The van der Waals surface area contributed by atoms with Crippen LogP contribution in [-0.4, -0.2) is 37.8 Å². The second-order valence-corrected chi connectivity index (χ2v) is 4.31. The van der Waals surface area contributed by atoms with E-state index < -0.39 is 30.5 Å². The SMILES string of the molecule is CCOC(=O)C[C@@H](NC(=O)c1ccc(OC)cc1)C(F)(F)F. The Morgan fingerprint density at radius 1 is 1.23 bits per heavy atom. The number of alkyl halides is 3. The van der Waals surface area contributed by atoms with Crippen molar-refractivity contribution in [2.75, 3.05) is 13.7 Å². The summed E-state index contributed by atoms with van der Waals surface area (Å²) >= 11 is 0. The van der Waals surface area contributed by atoms with Gasteiger partial charge in [-0.25, -0.2) is 0 Å². The maximum atomic E-state index is 12.9. The summed E-state index contributed by atoms with van der Waals surface area (Å²) in [6.45, 7) is 1.45. The van der Waals surface area contributed by atoms with E-state index in [1.54, 1.807) is 5.32 Å². The molecule has 1 aromatic rings. The summed E-state index contributed by atoms with van der Waals surface area (Å²) < 4.78 is 48.0. The first-order chi connectivity index (χ1) is 10.3. The van der Waals surface area contributed by atoms with Crippen molar-refractivity contribution in [3.05, 3.63) is 29.8 Å². The Kier molecular flexibility index (Phi) is 6.21. The van der Waals surface area contributed by atoms with Crippen LogP contribution in [0.3, 0.4) is 0 Å². The summed E-state index contributed by atoms with van der Waals surface area (Å²) in [6.07, 6.45) is -5.73. The summed E-state index contributed by atoms with van der Waals surface area (Å²) in [5.41, 5.74) is 0.0268. The van der Waals surface area contributed by atoms with E-state index in [1.165, 1.54) is 38.3 Å². The molecule has 0 fully saturated rings. The Hall–Kier alpha value is -2.25. The molecule has 0 aliphatic heterocycles. The van der Waals surface area contributed by atoms with Gasteiger partial charge in [0.25, 0.3) is 5.91 Å². The van der Waals surface area contributed by atoms with Crippen molar-refractivity contribution in [1.82, 2.24) is 5.32 Å². The van der Waals surface area contributed by atoms with E-state index in [-0.39, 0.29) is 12.2 Å². The minimum absolute atomic E-state index is 0.0268. The quantitative estimate of drug-likeness (QED) is 0.817. The molecule has 0 aliphatic rings. The first-order valence-electron chi connectivity index (χ1n) is 6.45. The van der Waals surface area contributed by atoms with Gasteiger partial charge in [-0.1, -0.05) is 0 Å². The van der Waals surface area contributed by atoms with Crippen LogP contribution in [0.5, 0.6) is 5.75 Å². The van der Waals surface area contributed by atoms with Gasteiger partial charge in [0.15, 0.2) is 0 Å². The molecule has 1 amide bonds. The molecule has 0 spiro atoms. The number of halogens is 3. The first-order valence-corrected chi connectivity index (χ1v) is 6.45. The summed E-state index contributed by atoms with van der Waals surface area (Å²) in [4.78, 5) is 23.0. The average molecular weight is 319 g/mol. The minimum Gasteiger partial charge on any atom is -0.497 e. The van der Waals surface area contributed by atoms with Gasteiger partial charge in [0, 0.05) is 5.56 Å². The maximum absolute atomic E-state index is 12.9. The molecule has 1 aromatic carbocycles. The highest BCUT2D eigenvalue weighted by Gasteiger charge is 2.42. The second-order valence-electron chi connectivity index (χ2n) is 4.31. The monoisotopic (exact) mass is 319 g/mol. The molecule has 22 heavy (non-hydrogen) atoms. The molecular weight excluding hydrogens is 303 g/mol. The third-order valence-corrected chi connectivity index (χ3v) is 2.73. The molecule has 0 unspecified atom stereocenters. The number of amides is 1. The zero-order valence-electron chi connectivity index (χ0n) is 12.1. The van der Waals surface area contributed by atoms with Gasteiger partial charge in [-0.05, 0) is 31.2 Å². The van der Waals surface area contributed by atoms with Crippen LogP contribution >= 0.6 is 0 Å². The van der Waals surface area contributed by atoms with Crippen LogP contribution in [0.15, 0.2) is 24.3 Å². The molecule has 122 valence electrons. The average Bonchev–Trinajstić information content (AvgIpc) is 2.46. The van der Waals surface area contributed by atoms with E-state index in [2.05, 4.69) is 4.74 Å². The molecule has 8 heteroatoms. The molecule has 1 rings (SSSR count). The standard InChI is InChI=1S/C14H16F3NO4/c1-3-22-12(19)8-11(14(15,16)17)18-13(20)9-4-6-10(21-2)7-5-9/h4-7,11H,3,8H2,1-2H3,(H,18,20)/t11-/m1/s1. The first kappa shape index (κ1) is 17.8. The lowest BCUT2D eigenvalue weighted by atomic mass is 10.1. The second kappa shape index (κ2) is 7.67. The number of nitrogens with one attached hydrogen (secondary N) is 1. The number of methoxy groups -OCH3 is 1. The molecule has 0 heterocycles. The summed E-state index contributed by atoms with van der Waals surface area (Å²) in [5, 5.41) is 1.79. The lowest BCUT2D eigenvalue weighted by Gasteiger charge is -2.20. The smallest absolute Gasteiger partial charge is 0.409 e. The van der Waals surface area contributed by atoms with Gasteiger partial charge < -0.3 is 14.8 Å². The van der Waals surface area contributed by atoms with Gasteiger partial charge in [-0.15, -0.1) is 0 Å². The molecule has 5 nitrogen and oxygen atoms in total. The van der Waals surface area contributed by atoms with Crippen molar-refractivity contribution in [2.24, 2.45) is 0 Å². The molecule has 1 N–H and O–H groups in total. The summed E-state index contributed by atoms with van der Waals surface area (Å²) in [5.74, 6) is -1.50. The highest BCUT2D eigenvalue weighted by atomic mass is 19.4. The van der Waals surface area contributed by atoms with Crippen LogP contribution in [0, 0.1) is 0 Å². The Labute approximate surface area is 125 Å². The van der Waals surface area contributed by atoms with E-state index >= 15 is 0 Å². The zero-order valence-corrected chi connectivity index (χ0v) is 12.1.